The zero-order chi connectivity index (χ0) is 19.9. The smallest absolute Gasteiger partial charge is 0.378 e. The molecule has 2 fully saturated rings. The Labute approximate surface area is 159 Å². The van der Waals surface area contributed by atoms with Gasteiger partial charge in [0, 0.05) is 29.2 Å². The number of aromatic nitrogens is 2. The predicted molar refractivity (Wildman–Crippen MR) is 92.3 cm³/mol. The third-order valence-corrected chi connectivity index (χ3v) is 5.82. The molecule has 1 amide bonds. The van der Waals surface area contributed by atoms with Crippen molar-refractivity contribution in [2.24, 2.45) is 5.41 Å². The van der Waals surface area contributed by atoms with Gasteiger partial charge in [-0.1, -0.05) is 23.7 Å². The second kappa shape index (κ2) is 6.88. The monoisotopic (exact) mass is 395 g/mol. The number of alkyl halides is 3. The summed E-state index contributed by atoms with van der Waals surface area (Å²) in [6.45, 7) is 2.64. The summed E-state index contributed by atoms with van der Waals surface area (Å²) in [7, 11) is 0. The number of benzene rings is 1. The summed E-state index contributed by atoms with van der Waals surface area (Å²) >= 11 is 0. The third-order valence-electron chi connectivity index (χ3n) is 5.82. The van der Waals surface area contributed by atoms with E-state index >= 15 is 0 Å². The average molecular weight is 395 g/mol. The van der Waals surface area contributed by atoms with Gasteiger partial charge in [0.15, 0.2) is 0 Å². The Morgan fingerprint density at radius 3 is 2.57 bits per heavy atom. The molecule has 1 aromatic heterocycles. The number of halogens is 3. The average Bonchev–Trinajstić information content (AvgIpc) is 3.10. The van der Waals surface area contributed by atoms with Gasteiger partial charge in [0.1, 0.15) is 0 Å². The summed E-state index contributed by atoms with van der Waals surface area (Å²) in [5.74, 6) is -1.78. The van der Waals surface area contributed by atoms with Gasteiger partial charge < -0.3 is 14.6 Å². The highest BCUT2D eigenvalue weighted by Gasteiger charge is 2.59. The highest BCUT2D eigenvalue weighted by Crippen LogP contribution is 2.57. The van der Waals surface area contributed by atoms with Gasteiger partial charge in [0.05, 0.1) is 6.10 Å². The molecule has 0 saturated heterocycles. The summed E-state index contributed by atoms with van der Waals surface area (Å²) in [6.07, 6.45) is -0.414. The highest BCUT2D eigenvalue weighted by molar-refractivity contribution is 5.95. The number of hydrogen-bond acceptors (Lipinski definition) is 5. The van der Waals surface area contributed by atoms with Crippen molar-refractivity contribution in [3.05, 3.63) is 35.7 Å². The molecule has 150 valence electrons. The molecule has 2 aromatic rings. The van der Waals surface area contributed by atoms with Gasteiger partial charge in [-0.3, -0.25) is 4.79 Å². The molecule has 28 heavy (non-hydrogen) atoms. The second-order valence-electron chi connectivity index (χ2n) is 7.29. The van der Waals surface area contributed by atoms with Crippen molar-refractivity contribution in [1.29, 1.82) is 0 Å². The summed E-state index contributed by atoms with van der Waals surface area (Å²) in [5, 5.41) is 6.42. The zero-order valence-electron chi connectivity index (χ0n) is 15.3. The molecule has 2 saturated carbocycles. The van der Waals surface area contributed by atoms with Crippen LogP contribution in [-0.4, -0.2) is 34.8 Å². The summed E-state index contributed by atoms with van der Waals surface area (Å²) in [4.78, 5) is 15.9. The van der Waals surface area contributed by atoms with Crippen LogP contribution in [0.4, 0.5) is 13.2 Å². The van der Waals surface area contributed by atoms with Gasteiger partial charge in [0.25, 0.3) is 5.91 Å². The second-order valence-corrected chi connectivity index (χ2v) is 7.29. The third kappa shape index (κ3) is 3.17. The number of hydrogen-bond donors (Lipinski definition) is 1. The maximum Gasteiger partial charge on any atom is 0.471 e. The van der Waals surface area contributed by atoms with Crippen LogP contribution in [0.2, 0.25) is 0 Å². The van der Waals surface area contributed by atoms with Crippen LogP contribution in [0.25, 0.3) is 11.4 Å². The molecule has 4 rings (SSSR count). The molecular formula is C19H20F3N3O3. The maximum absolute atomic E-state index is 12.6. The largest absolute Gasteiger partial charge is 0.471 e. The van der Waals surface area contributed by atoms with Crippen LogP contribution in [0.5, 0.6) is 0 Å². The minimum atomic E-state index is -4.69. The van der Waals surface area contributed by atoms with Crippen molar-refractivity contribution in [2.75, 3.05) is 6.61 Å². The van der Waals surface area contributed by atoms with E-state index in [9.17, 15) is 18.0 Å². The Morgan fingerprint density at radius 1 is 1.32 bits per heavy atom. The molecule has 0 radical (unpaired) electrons. The number of carbonyl (C=O) groups excluding carboxylic acids is 1. The molecular weight excluding hydrogens is 375 g/mol. The van der Waals surface area contributed by atoms with E-state index in [1.54, 1.807) is 12.1 Å². The highest BCUT2D eigenvalue weighted by atomic mass is 19.4. The molecule has 0 aliphatic heterocycles. The topological polar surface area (TPSA) is 77.2 Å². The van der Waals surface area contributed by atoms with Gasteiger partial charge in [-0.25, -0.2) is 0 Å². The van der Waals surface area contributed by atoms with E-state index in [0.717, 1.165) is 25.7 Å². The van der Waals surface area contributed by atoms with Gasteiger partial charge >= 0.3 is 12.1 Å². The lowest BCUT2D eigenvalue weighted by Gasteiger charge is -2.61. The normalized spacial score (nSPS) is 23.1. The fourth-order valence-corrected chi connectivity index (χ4v) is 4.11. The van der Waals surface area contributed by atoms with Crippen molar-refractivity contribution in [3.8, 4) is 11.4 Å². The Morgan fingerprint density at radius 2 is 2.04 bits per heavy atom. The minimum Gasteiger partial charge on any atom is -0.378 e. The first-order valence-electron chi connectivity index (χ1n) is 9.27. The van der Waals surface area contributed by atoms with Crippen LogP contribution in [0, 0.1) is 5.41 Å². The Kier molecular flexibility index (Phi) is 4.65. The van der Waals surface area contributed by atoms with E-state index in [0.29, 0.717) is 17.7 Å². The first kappa shape index (κ1) is 18.9. The lowest BCUT2D eigenvalue weighted by molar-refractivity contribution is -0.169. The molecule has 2 aliphatic carbocycles. The summed E-state index contributed by atoms with van der Waals surface area (Å²) < 4.78 is 47.7. The fourth-order valence-electron chi connectivity index (χ4n) is 4.11. The standard InChI is InChI=1S/C19H20F3N3O3/c1-2-27-14-10-13(18(14)8-3-9-18)23-16(26)12-6-4-11(5-7-12)15-24-17(28-25-15)19(20,21)22/h4-7,13-14H,2-3,8-10H2,1H3,(H,23,26). The molecule has 1 heterocycles. The van der Waals surface area contributed by atoms with Crippen molar-refractivity contribution >= 4 is 5.91 Å². The molecule has 9 heteroatoms. The van der Waals surface area contributed by atoms with E-state index in [4.69, 9.17) is 4.74 Å². The number of amides is 1. The number of carbonyl (C=O) groups is 1. The molecule has 2 aliphatic rings. The lowest BCUT2D eigenvalue weighted by Crippen LogP contribution is -2.67. The number of ether oxygens (including phenoxy) is 1. The quantitative estimate of drug-likeness (QED) is 0.833. The van der Waals surface area contributed by atoms with Gasteiger partial charge in [-0.15, -0.1) is 0 Å². The Balaban J connectivity index is 1.42. The van der Waals surface area contributed by atoms with Gasteiger partial charge in [0.2, 0.25) is 5.82 Å². The number of rotatable bonds is 5. The van der Waals surface area contributed by atoms with Crippen LogP contribution in [-0.2, 0) is 10.9 Å². The molecule has 1 N–H and O–H groups in total. The number of nitrogens with one attached hydrogen (secondary N) is 1. The van der Waals surface area contributed by atoms with Gasteiger partial charge in [-0.2, -0.15) is 18.2 Å². The molecule has 1 aromatic carbocycles. The SMILES string of the molecule is CCOC1CC(NC(=O)c2ccc(-c3noc(C(F)(F)F)n3)cc2)C12CCC2. The molecule has 2 unspecified atom stereocenters. The van der Waals surface area contributed by atoms with E-state index in [-0.39, 0.29) is 29.3 Å². The van der Waals surface area contributed by atoms with Crippen molar-refractivity contribution in [3.63, 3.8) is 0 Å². The first-order valence-corrected chi connectivity index (χ1v) is 9.27. The van der Waals surface area contributed by atoms with Crippen LogP contribution < -0.4 is 5.32 Å². The predicted octanol–water partition coefficient (Wildman–Crippen LogP) is 3.83. The van der Waals surface area contributed by atoms with Gasteiger partial charge in [-0.05, 0) is 38.3 Å². The molecule has 0 bridgehead atoms. The zero-order valence-corrected chi connectivity index (χ0v) is 15.3. The van der Waals surface area contributed by atoms with E-state index in [2.05, 4.69) is 20.0 Å². The Bertz CT molecular complexity index is 859. The number of nitrogens with zero attached hydrogens (tertiary/aromatic N) is 2. The van der Waals surface area contributed by atoms with Crippen LogP contribution in [0.3, 0.4) is 0 Å². The van der Waals surface area contributed by atoms with Crippen LogP contribution >= 0.6 is 0 Å². The lowest BCUT2D eigenvalue weighted by atomic mass is 9.51. The summed E-state index contributed by atoms with van der Waals surface area (Å²) in [5.41, 5.74) is 0.827. The van der Waals surface area contributed by atoms with E-state index in [1.165, 1.54) is 12.1 Å². The van der Waals surface area contributed by atoms with Crippen LogP contribution in [0.15, 0.2) is 28.8 Å². The fraction of sp³-hybridized carbons (Fsp3) is 0.526. The van der Waals surface area contributed by atoms with Crippen molar-refractivity contribution in [2.45, 2.75) is 50.9 Å². The van der Waals surface area contributed by atoms with E-state index in [1.807, 2.05) is 6.92 Å². The maximum atomic E-state index is 12.6. The molecule has 6 nitrogen and oxygen atoms in total. The van der Waals surface area contributed by atoms with Crippen LogP contribution in [0.1, 0.15) is 48.9 Å². The van der Waals surface area contributed by atoms with Crippen molar-refractivity contribution < 1.29 is 27.2 Å². The Hall–Kier alpha value is -2.42. The molecule has 1 spiro atoms. The van der Waals surface area contributed by atoms with Crippen molar-refractivity contribution in [1.82, 2.24) is 15.5 Å². The van der Waals surface area contributed by atoms with E-state index < -0.39 is 12.1 Å². The summed E-state index contributed by atoms with van der Waals surface area (Å²) in [6, 6.07) is 6.18. The molecule has 2 atom stereocenters. The first-order chi connectivity index (χ1) is 13.3. The minimum absolute atomic E-state index is 0.0598.